The topological polar surface area (TPSA) is 65.0 Å². The number of aromatic hydroxyl groups is 1. The molecule has 0 aromatic heterocycles. The number of carbonyl (C=O) groups is 1. The number of phenols is 1. The van der Waals surface area contributed by atoms with Crippen molar-refractivity contribution in [1.29, 1.82) is 0 Å². The zero-order valence-corrected chi connectivity index (χ0v) is 8.52. The lowest BCUT2D eigenvalue weighted by Gasteiger charge is -2.10. The summed E-state index contributed by atoms with van der Waals surface area (Å²) >= 11 is 0. The Morgan fingerprint density at radius 2 is 2.00 bits per heavy atom. The van der Waals surface area contributed by atoms with Gasteiger partial charge in [0, 0.05) is 7.11 Å². The molecule has 1 aromatic rings. The standard InChI is InChI=1S/C10H12O5/c1-13-6-15-8-3-4-9(14-2)10(12)7(8)5-11/h3-5,12H,6H2,1-2H3. The highest BCUT2D eigenvalue weighted by molar-refractivity contribution is 5.85. The van der Waals surface area contributed by atoms with Gasteiger partial charge in [-0.15, -0.1) is 0 Å². The second-order valence-corrected chi connectivity index (χ2v) is 2.70. The molecule has 1 aromatic carbocycles. The fourth-order valence-corrected chi connectivity index (χ4v) is 1.10. The lowest BCUT2D eigenvalue weighted by Crippen LogP contribution is -2.02. The van der Waals surface area contributed by atoms with Crippen molar-refractivity contribution in [2.75, 3.05) is 21.0 Å². The van der Waals surface area contributed by atoms with Gasteiger partial charge in [0.2, 0.25) is 0 Å². The van der Waals surface area contributed by atoms with Gasteiger partial charge in [0.15, 0.2) is 24.6 Å². The van der Waals surface area contributed by atoms with Crippen LogP contribution in [0.4, 0.5) is 0 Å². The van der Waals surface area contributed by atoms with Gasteiger partial charge in [-0.05, 0) is 12.1 Å². The van der Waals surface area contributed by atoms with Gasteiger partial charge in [-0.1, -0.05) is 0 Å². The molecule has 1 N–H and O–H groups in total. The van der Waals surface area contributed by atoms with Gasteiger partial charge >= 0.3 is 0 Å². The van der Waals surface area contributed by atoms with E-state index in [1.165, 1.54) is 26.4 Å². The number of phenolic OH excluding ortho intramolecular Hbond substituents is 1. The van der Waals surface area contributed by atoms with E-state index in [0.717, 1.165) is 0 Å². The molecule has 1 rings (SSSR count). The van der Waals surface area contributed by atoms with E-state index in [4.69, 9.17) is 14.2 Å². The summed E-state index contributed by atoms with van der Waals surface area (Å²) in [6.07, 6.45) is 0.503. The number of benzene rings is 1. The van der Waals surface area contributed by atoms with Crippen LogP contribution in [0.5, 0.6) is 17.2 Å². The normalized spacial score (nSPS) is 9.73. The van der Waals surface area contributed by atoms with Crippen LogP contribution in [-0.2, 0) is 4.74 Å². The summed E-state index contributed by atoms with van der Waals surface area (Å²) < 4.78 is 14.6. The Balaban J connectivity index is 3.07. The first kappa shape index (κ1) is 11.3. The number of aldehydes is 1. The lowest BCUT2D eigenvalue weighted by atomic mass is 10.2. The molecule has 0 atom stereocenters. The smallest absolute Gasteiger partial charge is 0.188 e. The molecule has 15 heavy (non-hydrogen) atoms. The van der Waals surface area contributed by atoms with Crippen LogP contribution in [0.3, 0.4) is 0 Å². The number of methoxy groups -OCH3 is 2. The van der Waals surface area contributed by atoms with E-state index in [1.54, 1.807) is 0 Å². The third-order valence-electron chi connectivity index (χ3n) is 1.81. The Kier molecular flexibility index (Phi) is 3.93. The number of ether oxygens (including phenoxy) is 3. The van der Waals surface area contributed by atoms with Crippen LogP contribution in [0.2, 0.25) is 0 Å². The molecule has 0 amide bonds. The van der Waals surface area contributed by atoms with E-state index in [0.29, 0.717) is 6.29 Å². The van der Waals surface area contributed by atoms with Crippen molar-refractivity contribution in [2.45, 2.75) is 0 Å². The van der Waals surface area contributed by atoms with Crippen LogP contribution in [0.25, 0.3) is 0 Å². The van der Waals surface area contributed by atoms with Crippen molar-refractivity contribution in [3.05, 3.63) is 17.7 Å². The Hall–Kier alpha value is -1.75. The van der Waals surface area contributed by atoms with Crippen molar-refractivity contribution in [3.63, 3.8) is 0 Å². The van der Waals surface area contributed by atoms with Crippen LogP contribution < -0.4 is 9.47 Å². The third-order valence-corrected chi connectivity index (χ3v) is 1.81. The quantitative estimate of drug-likeness (QED) is 0.586. The molecule has 0 aliphatic rings. The molecule has 0 spiro atoms. The zero-order valence-electron chi connectivity index (χ0n) is 8.52. The maximum Gasteiger partial charge on any atom is 0.188 e. The van der Waals surface area contributed by atoms with Crippen LogP contribution in [0, 0.1) is 0 Å². The number of rotatable bonds is 5. The first-order valence-electron chi connectivity index (χ1n) is 4.21. The molecule has 5 nitrogen and oxygen atoms in total. The first-order valence-corrected chi connectivity index (χ1v) is 4.21. The summed E-state index contributed by atoms with van der Waals surface area (Å²) in [6.45, 7) is 0.00656. The molecule has 0 fully saturated rings. The average Bonchev–Trinajstić information content (AvgIpc) is 2.26. The fourth-order valence-electron chi connectivity index (χ4n) is 1.10. The van der Waals surface area contributed by atoms with Gasteiger partial charge in [-0.3, -0.25) is 4.79 Å². The molecule has 5 heteroatoms. The van der Waals surface area contributed by atoms with Crippen LogP contribution in [0.1, 0.15) is 10.4 Å². The molecule has 0 radical (unpaired) electrons. The van der Waals surface area contributed by atoms with Gasteiger partial charge in [-0.2, -0.15) is 0 Å². The maximum atomic E-state index is 10.7. The van der Waals surface area contributed by atoms with Gasteiger partial charge in [0.05, 0.1) is 7.11 Å². The highest BCUT2D eigenvalue weighted by Gasteiger charge is 2.13. The summed E-state index contributed by atoms with van der Waals surface area (Å²) in [5.74, 6) is 0.244. The van der Waals surface area contributed by atoms with E-state index in [1.807, 2.05) is 0 Å². The summed E-state index contributed by atoms with van der Waals surface area (Å²) in [7, 11) is 2.86. The molecule has 0 saturated carbocycles. The predicted molar refractivity (Wildman–Crippen MR) is 52.6 cm³/mol. The minimum Gasteiger partial charge on any atom is -0.504 e. The van der Waals surface area contributed by atoms with E-state index < -0.39 is 0 Å². The molecule has 0 bridgehead atoms. The van der Waals surface area contributed by atoms with Crippen molar-refractivity contribution < 1.29 is 24.1 Å². The monoisotopic (exact) mass is 212 g/mol. The number of carbonyl (C=O) groups excluding carboxylic acids is 1. The SMILES string of the molecule is COCOc1ccc(OC)c(O)c1C=O. The number of hydrogen-bond acceptors (Lipinski definition) is 5. The van der Waals surface area contributed by atoms with Crippen LogP contribution >= 0.6 is 0 Å². The Labute approximate surface area is 87.2 Å². The van der Waals surface area contributed by atoms with Gasteiger partial charge < -0.3 is 19.3 Å². The Morgan fingerprint density at radius 1 is 1.33 bits per heavy atom. The Morgan fingerprint density at radius 3 is 2.53 bits per heavy atom. The molecule has 0 aliphatic heterocycles. The highest BCUT2D eigenvalue weighted by atomic mass is 16.7. The largest absolute Gasteiger partial charge is 0.504 e. The molecule has 0 unspecified atom stereocenters. The molecule has 82 valence electrons. The predicted octanol–water partition coefficient (Wildman–Crippen LogP) is 1.20. The van der Waals surface area contributed by atoms with Gasteiger partial charge in [0.1, 0.15) is 11.3 Å². The van der Waals surface area contributed by atoms with E-state index in [2.05, 4.69) is 0 Å². The van der Waals surface area contributed by atoms with Crippen molar-refractivity contribution in [2.24, 2.45) is 0 Å². The van der Waals surface area contributed by atoms with Crippen molar-refractivity contribution in [3.8, 4) is 17.2 Å². The summed E-state index contributed by atoms with van der Waals surface area (Å²) in [6, 6.07) is 3.04. The van der Waals surface area contributed by atoms with Crippen LogP contribution in [0.15, 0.2) is 12.1 Å². The zero-order chi connectivity index (χ0) is 11.3. The van der Waals surface area contributed by atoms with Gasteiger partial charge in [0.25, 0.3) is 0 Å². The average molecular weight is 212 g/mol. The summed E-state index contributed by atoms with van der Waals surface area (Å²) in [5, 5.41) is 9.59. The molecular formula is C10H12O5. The molecular weight excluding hydrogens is 200 g/mol. The highest BCUT2D eigenvalue weighted by Crippen LogP contribution is 2.34. The van der Waals surface area contributed by atoms with Crippen molar-refractivity contribution in [1.82, 2.24) is 0 Å². The summed E-state index contributed by atoms with van der Waals surface area (Å²) in [5.41, 5.74) is 0.0476. The van der Waals surface area contributed by atoms with Crippen molar-refractivity contribution >= 4 is 6.29 Å². The second kappa shape index (κ2) is 5.21. The Bertz CT molecular complexity index is 348. The van der Waals surface area contributed by atoms with Gasteiger partial charge in [-0.25, -0.2) is 0 Å². The minimum atomic E-state index is -0.235. The maximum absolute atomic E-state index is 10.7. The third kappa shape index (κ3) is 2.38. The first-order chi connectivity index (χ1) is 7.24. The van der Waals surface area contributed by atoms with E-state index >= 15 is 0 Å². The molecule has 0 aliphatic carbocycles. The van der Waals surface area contributed by atoms with E-state index in [-0.39, 0.29) is 29.6 Å². The van der Waals surface area contributed by atoms with E-state index in [9.17, 15) is 9.90 Å². The summed E-state index contributed by atoms with van der Waals surface area (Å²) in [4.78, 5) is 10.7. The molecule has 0 saturated heterocycles. The van der Waals surface area contributed by atoms with Crippen LogP contribution in [-0.4, -0.2) is 32.4 Å². The minimum absolute atomic E-state index is 0.00656. The molecule has 0 heterocycles. The number of hydrogen-bond donors (Lipinski definition) is 1. The lowest BCUT2D eigenvalue weighted by molar-refractivity contribution is 0.0503. The fraction of sp³-hybridized carbons (Fsp3) is 0.300. The second-order valence-electron chi connectivity index (χ2n) is 2.70.